The van der Waals surface area contributed by atoms with E-state index in [1.807, 2.05) is 24.8 Å². The van der Waals surface area contributed by atoms with Crippen LogP contribution in [0.3, 0.4) is 0 Å². The predicted molar refractivity (Wildman–Crippen MR) is 201 cm³/mol. The van der Waals surface area contributed by atoms with Crippen LogP contribution < -0.4 is 0 Å². The van der Waals surface area contributed by atoms with Gasteiger partial charge in [0.1, 0.15) is 0 Å². The Kier molecular flexibility index (Phi) is 8.20. The minimum Gasteiger partial charge on any atom is -0.354 e. The molecule has 242 valence electrons. The molecule has 2 aliphatic rings. The molecule has 0 aromatic carbocycles. The number of aryl methyl sites for hydroxylation is 4. The first kappa shape index (κ1) is 31.5. The van der Waals surface area contributed by atoms with Crippen molar-refractivity contribution in [2.24, 2.45) is 0 Å². The van der Waals surface area contributed by atoms with Crippen molar-refractivity contribution in [3.63, 3.8) is 0 Å². The fourth-order valence-electron chi connectivity index (χ4n) is 7.91. The maximum Gasteiger partial charge on any atom is 0.0769 e. The summed E-state index contributed by atoms with van der Waals surface area (Å²) in [4.78, 5) is 27.5. The van der Waals surface area contributed by atoms with Gasteiger partial charge < -0.3 is 9.97 Å². The van der Waals surface area contributed by atoms with Crippen molar-refractivity contribution >= 4 is 44.4 Å². The fraction of sp³-hybridized carbons (Fsp3) is 0.286. The summed E-state index contributed by atoms with van der Waals surface area (Å²) in [5.74, 6) is 0. The Labute approximate surface area is 283 Å². The Morgan fingerprint density at radius 1 is 0.521 bits per heavy atom. The molecule has 0 fully saturated rings. The zero-order valence-corrected chi connectivity index (χ0v) is 29.4. The van der Waals surface area contributed by atoms with Gasteiger partial charge in [0, 0.05) is 46.9 Å². The third-order valence-electron chi connectivity index (χ3n) is 10.4. The Morgan fingerprint density at radius 3 is 1.23 bits per heavy atom. The van der Waals surface area contributed by atoms with E-state index in [0.717, 1.165) is 92.8 Å². The van der Waals surface area contributed by atoms with E-state index in [0.29, 0.717) is 0 Å². The van der Waals surface area contributed by atoms with Crippen LogP contribution in [0.4, 0.5) is 0 Å². The summed E-state index contributed by atoms with van der Waals surface area (Å²) in [7, 11) is 0. The van der Waals surface area contributed by atoms with Crippen LogP contribution in [0, 0.1) is 13.8 Å². The molecular formula is C42H44N6. The second-order valence-electron chi connectivity index (χ2n) is 12.9. The zero-order chi connectivity index (χ0) is 33.7. The lowest BCUT2D eigenvalue weighted by Crippen LogP contribution is -1.90. The molecule has 0 amide bonds. The van der Waals surface area contributed by atoms with Crippen LogP contribution in [0.15, 0.2) is 61.2 Å². The average Bonchev–Trinajstić information content (AvgIpc) is 3.79. The largest absolute Gasteiger partial charge is 0.354 e. The first-order valence-corrected chi connectivity index (χ1v) is 17.3. The summed E-state index contributed by atoms with van der Waals surface area (Å²) in [6, 6.07) is 12.9. The van der Waals surface area contributed by atoms with E-state index >= 15 is 0 Å². The molecule has 0 saturated carbocycles. The Morgan fingerprint density at radius 2 is 0.896 bits per heavy atom. The first-order valence-electron chi connectivity index (χ1n) is 17.3. The number of allylic oxidation sites excluding steroid dienone is 4. The van der Waals surface area contributed by atoms with Gasteiger partial charge in [-0.2, -0.15) is 0 Å². The molecule has 0 atom stereocenters. The summed E-state index contributed by atoms with van der Waals surface area (Å²) in [5, 5.41) is 0. The molecule has 0 saturated heterocycles. The number of pyridine rings is 2. The molecule has 5 aromatic rings. The molecule has 6 nitrogen and oxygen atoms in total. The lowest BCUT2D eigenvalue weighted by atomic mass is 9.96. The van der Waals surface area contributed by atoms with E-state index in [1.54, 1.807) is 0 Å². The normalized spacial score (nSPS) is 13.2. The van der Waals surface area contributed by atoms with Gasteiger partial charge in [0.25, 0.3) is 0 Å². The van der Waals surface area contributed by atoms with E-state index in [4.69, 9.17) is 9.97 Å². The molecular weight excluding hydrogens is 589 g/mol. The van der Waals surface area contributed by atoms with Gasteiger partial charge in [-0.3, -0.25) is 9.97 Å². The molecule has 7 rings (SSSR count). The van der Waals surface area contributed by atoms with Crippen LogP contribution in [-0.2, 0) is 12.8 Å². The highest BCUT2D eigenvalue weighted by Crippen LogP contribution is 2.43. The van der Waals surface area contributed by atoms with Gasteiger partial charge in [-0.05, 0) is 145 Å². The number of H-pyrrole nitrogens is 2. The molecule has 0 unspecified atom stereocenters. The third kappa shape index (κ3) is 4.93. The minimum absolute atomic E-state index is 0.887. The summed E-state index contributed by atoms with van der Waals surface area (Å²) in [6.07, 6.45) is 11.1. The first-order chi connectivity index (χ1) is 23.3. The number of nitrogens with zero attached hydrogens (tertiary/aromatic N) is 4. The predicted octanol–water partition coefficient (Wildman–Crippen LogP) is 10.9. The highest BCUT2D eigenvalue weighted by Gasteiger charge is 2.25. The quantitative estimate of drug-likeness (QED) is 0.195. The highest BCUT2D eigenvalue weighted by molar-refractivity contribution is 6.03. The summed E-state index contributed by atoms with van der Waals surface area (Å²) in [6.45, 7) is 17.9. The van der Waals surface area contributed by atoms with Gasteiger partial charge in [0.15, 0.2) is 0 Å². The molecule has 6 heteroatoms. The van der Waals surface area contributed by atoms with Gasteiger partial charge in [0.2, 0.25) is 0 Å². The maximum atomic E-state index is 5.48. The lowest BCUT2D eigenvalue weighted by molar-refractivity contribution is 1.14. The van der Waals surface area contributed by atoms with Crippen molar-refractivity contribution in [2.75, 3.05) is 0 Å². The topological polar surface area (TPSA) is 83.1 Å². The van der Waals surface area contributed by atoms with E-state index in [1.165, 1.54) is 44.5 Å². The van der Waals surface area contributed by atoms with Crippen LogP contribution >= 0.6 is 0 Å². The average molecular weight is 633 g/mol. The molecule has 7 heterocycles. The molecule has 48 heavy (non-hydrogen) atoms. The van der Waals surface area contributed by atoms with Crippen molar-refractivity contribution in [3.05, 3.63) is 106 Å². The van der Waals surface area contributed by atoms with Crippen LogP contribution in [0.2, 0.25) is 0 Å². The monoisotopic (exact) mass is 632 g/mol. The van der Waals surface area contributed by atoms with Gasteiger partial charge >= 0.3 is 0 Å². The molecule has 2 N–H and O–H groups in total. The van der Waals surface area contributed by atoms with E-state index in [2.05, 4.69) is 112 Å². The molecule has 0 aliphatic carbocycles. The summed E-state index contributed by atoms with van der Waals surface area (Å²) in [5.41, 5.74) is 22.9. The van der Waals surface area contributed by atoms with Crippen LogP contribution in [0.5, 0.6) is 0 Å². The van der Waals surface area contributed by atoms with Crippen molar-refractivity contribution in [1.29, 1.82) is 0 Å². The van der Waals surface area contributed by atoms with E-state index in [9.17, 15) is 0 Å². The number of hydrogen-bond donors (Lipinski definition) is 2. The van der Waals surface area contributed by atoms with E-state index < -0.39 is 0 Å². The van der Waals surface area contributed by atoms with Gasteiger partial charge in [0.05, 0.1) is 33.8 Å². The second-order valence-corrected chi connectivity index (χ2v) is 12.9. The fourth-order valence-corrected chi connectivity index (χ4v) is 7.91. The van der Waals surface area contributed by atoms with Crippen molar-refractivity contribution < 1.29 is 0 Å². The number of hydrogen-bond acceptors (Lipinski definition) is 4. The summed E-state index contributed by atoms with van der Waals surface area (Å²) >= 11 is 0. The van der Waals surface area contributed by atoms with Crippen molar-refractivity contribution in [3.8, 4) is 22.3 Å². The number of rotatable bonds is 6. The molecule has 0 spiro atoms. The van der Waals surface area contributed by atoms with Crippen molar-refractivity contribution in [2.45, 2.75) is 81.1 Å². The van der Waals surface area contributed by atoms with Gasteiger partial charge in [-0.25, -0.2) is 9.97 Å². The SMILES string of the molecule is CCC1=C(C)c2nc1cc1[nH]c(c(C)c1CC)c(-c1ccncc1)c1nc(cc3[nH]c(c(C)c3CC)c2-c2ccncc2)C(CC)=C1C. The van der Waals surface area contributed by atoms with Gasteiger partial charge in [-0.15, -0.1) is 0 Å². The molecule has 0 radical (unpaired) electrons. The second kappa shape index (κ2) is 12.5. The Bertz CT molecular complexity index is 2140. The number of aromatic amines is 2. The summed E-state index contributed by atoms with van der Waals surface area (Å²) < 4.78 is 0. The van der Waals surface area contributed by atoms with Crippen LogP contribution in [-0.4, -0.2) is 29.9 Å². The molecule has 8 bridgehead atoms. The third-order valence-corrected chi connectivity index (χ3v) is 10.4. The van der Waals surface area contributed by atoms with Crippen LogP contribution in [0.1, 0.15) is 99.4 Å². The Balaban J connectivity index is 1.78. The Hall–Kier alpha value is -5.10. The smallest absolute Gasteiger partial charge is 0.0769 e. The standard InChI is InChI=1S/C42H44N6/c1-9-29-23(5)39-37(27-13-17-43-18-14-27)40-25(7)31(11-3)35(47-40)22-36-32(12-4)26(8)42(48-36)38(28-15-19-44-20-16-28)41-24(6)30(10-2)34(46-41)21-33(29)45-39/h13-22,45,48H,9-12H2,1-8H3. The number of nitrogens with one attached hydrogen (secondary N) is 2. The molecule has 5 aromatic heterocycles. The highest BCUT2D eigenvalue weighted by atomic mass is 14.8. The molecule has 2 aliphatic heterocycles. The maximum absolute atomic E-state index is 5.48. The number of fused-ring (bicyclic) bond motifs is 8. The number of aromatic nitrogens is 6. The van der Waals surface area contributed by atoms with Gasteiger partial charge in [-0.1, -0.05) is 27.7 Å². The lowest BCUT2D eigenvalue weighted by Gasteiger charge is -2.08. The zero-order valence-electron chi connectivity index (χ0n) is 29.4. The minimum atomic E-state index is 0.887. The van der Waals surface area contributed by atoms with Crippen LogP contribution in [0.25, 0.3) is 66.6 Å². The van der Waals surface area contributed by atoms with E-state index in [-0.39, 0.29) is 0 Å². The van der Waals surface area contributed by atoms with Crippen molar-refractivity contribution in [1.82, 2.24) is 29.9 Å².